The van der Waals surface area contributed by atoms with Crippen molar-refractivity contribution in [1.29, 1.82) is 0 Å². The number of hydrogen-bond donors (Lipinski definition) is 0. The van der Waals surface area contributed by atoms with Gasteiger partial charge < -0.3 is 14.2 Å². The molecule has 1 rings (SSSR count). The van der Waals surface area contributed by atoms with Gasteiger partial charge in [0.1, 0.15) is 0 Å². The Kier molecular flexibility index (Phi) is 6.65. The summed E-state index contributed by atoms with van der Waals surface area (Å²) in [7, 11) is 0. The Morgan fingerprint density at radius 3 is 2.84 bits per heavy atom. The molecule has 1 unspecified atom stereocenters. The average molecular weight is 290 g/mol. The van der Waals surface area contributed by atoms with Crippen LogP contribution in [0, 0.1) is 5.41 Å². The van der Waals surface area contributed by atoms with Gasteiger partial charge in [-0.25, -0.2) is 4.79 Å². The Morgan fingerprint density at radius 2 is 2.16 bits per heavy atom. The number of ether oxygens (including phenoxy) is 3. The van der Waals surface area contributed by atoms with E-state index in [1.165, 1.54) is 0 Å². The van der Waals surface area contributed by atoms with Gasteiger partial charge in [-0.15, -0.1) is 0 Å². The molecule has 0 bridgehead atoms. The van der Waals surface area contributed by atoms with Crippen LogP contribution in [-0.4, -0.2) is 42.9 Å². The third-order valence-corrected chi connectivity index (χ3v) is 4.10. The van der Waals surface area contributed by atoms with Crippen LogP contribution in [0.4, 0.5) is 0 Å². The van der Waals surface area contributed by atoms with Crippen LogP contribution < -0.4 is 0 Å². The van der Waals surface area contributed by atoms with E-state index in [4.69, 9.17) is 14.2 Å². The van der Waals surface area contributed by atoms with Crippen LogP contribution in [0.1, 0.15) is 33.6 Å². The second kappa shape index (κ2) is 7.75. The van der Waals surface area contributed by atoms with Gasteiger partial charge >= 0.3 is 11.9 Å². The lowest BCUT2D eigenvalue weighted by Gasteiger charge is -2.20. The summed E-state index contributed by atoms with van der Waals surface area (Å²) in [5.41, 5.74) is -0.574. The zero-order valence-electron chi connectivity index (χ0n) is 11.8. The first-order valence-corrected chi connectivity index (χ1v) is 7.67. The molecular weight excluding hydrogens is 268 g/mol. The topological polar surface area (TPSA) is 61.8 Å². The van der Waals surface area contributed by atoms with E-state index in [1.54, 1.807) is 25.6 Å². The molecule has 0 amide bonds. The Bertz CT molecular complexity index is 308. The van der Waals surface area contributed by atoms with E-state index in [1.807, 2.05) is 6.92 Å². The molecule has 1 aliphatic heterocycles. The normalized spacial score (nSPS) is 20.5. The maximum atomic E-state index is 11.7. The fraction of sp³-hybridized carbons (Fsp3) is 0.846. The predicted octanol–water partition coefficient (Wildman–Crippen LogP) is 1.99. The van der Waals surface area contributed by atoms with Gasteiger partial charge in [0, 0.05) is 0 Å². The molecule has 0 N–H and O–H groups in total. The molecule has 19 heavy (non-hydrogen) atoms. The molecule has 0 saturated carbocycles. The van der Waals surface area contributed by atoms with Gasteiger partial charge in [-0.05, 0) is 32.4 Å². The summed E-state index contributed by atoms with van der Waals surface area (Å²) in [4.78, 5) is 23.2. The van der Waals surface area contributed by atoms with Crippen LogP contribution in [0.15, 0.2) is 0 Å². The lowest BCUT2D eigenvalue weighted by Crippen LogP contribution is -2.30. The van der Waals surface area contributed by atoms with Crippen molar-refractivity contribution in [2.45, 2.75) is 39.9 Å². The van der Waals surface area contributed by atoms with Crippen molar-refractivity contribution in [3.63, 3.8) is 0 Å². The SMILES string of the molecule is CCC(C)(C)C(=O)OCC(=O)OC1CSCCCO1. The van der Waals surface area contributed by atoms with Crippen LogP contribution >= 0.6 is 11.8 Å². The zero-order chi connectivity index (χ0) is 14.3. The molecule has 1 saturated heterocycles. The lowest BCUT2D eigenvalue weighted by molar-refractivity contribution is -0.182. The van der Waals surface area contributed by atoms with Gasteiger partial charge in [0.15, 0.2) is 6.61 Å². The molecule has 0 aliphatic carbocycles. The zero-order valence-corrected chi connectivity index (χ0v) is 12.6. The molecule has 6 heteroatoms. The van der Waals surface area contributed by atoms with E-state index in [0.717, 1.165) is 12.2 Å². The van der Waals surface area contributed by atoms with Gasteiger partial charge in [-0.1, -0.05) is 6.92 Å². The number of carbonyl (C=O) groups excluding carboxylic acids is 2. The molecule has 1 heterocycles. The molecular formula is C13H22O5S. The Balaban J connectivity index is 2.29. The largest absolute Gasteiger partial charge is 0.453 e. The van der Waals surface area contributed by atoms with Crippen LogP contribution in [0.3, 0.4) is 0 Å². The highest BCUT2D eigenvalue weighted by Gasteiger charge is 2.28. The van der Waals surface area contributed by atoms with E-state index in [9.17, 15) is 9.59 Å². The first-order valence-electron chi connectivity index (χ1n) is 6.52. The van der Waals surface area contributed by atoms with E-state index in [0.29, 0.717) is 18.8 Å². The minimum Gasteiger partial charge on any atom is -0.453 e. The number of hydrogen-bond acceptors (Lipinski definition) is 6. The van der Waals surface area contributed by atoms with Crippen molar-refractivity contribution in [1.82, 2.24) is 0 Å². The number of esters is 2. The van der Waals surface area contributed by atoms with Crippen LogP contribution in [-0.2, 0) is 23.8 Å². The molecule has 1 aliphatic rings. The van der Waals surface area contributed by atoms with Gasteiger partial charge in [-0.3, -0.25) is 4.79 Å². The minimum absolute atomic E-state index is 0.354. The van der Waals surface area contributed by atoms with Crippen molar-refractivity contribution in [2.24, 2.45) is 5.41 Å². The highest BCUT2D eigenvalue weighted by molar-refractivity contribution is 7.99. The van der Waals surface area contributed by atoms with Crippen LogP contribution in [0.25, 0.3) is 0 Å². The molecule has 0 aromatic rings. The molecule has 0 aromatic heterocycles. The van der Waals surface area contributed by atoms with Crippen molar-refractivity contribution in [3.05, 3.63) is 0 Å². The summed E-state index contributed by atoms with van der Waals surface area (Å²) < 4.78 is 15.4. The third kappa shape index (κ3) is 5.82. The Hall–Kier alpha value is -0.750. The van der Waals surface area contributed by atoms with E-state index in [-0.39, 0.29) is 12.6 Å². The summed E-state index contributed by atoms with van der Waals surface area (Å²) in [5.74, 6) is 0.685. The summed E-state index contributed by atoms with van der Waals surface area (Å²) in [6, 6.07) is 0. The van der Waals surface area contributed by atoms with Gasteiger partial charge in [0.2, 0.25) is 6.29 Å². The van der Waals surface area contributed by atoms with Crippen LogP contribution in [0.5, 0.6) is 0 Å². The molecule has 110 valence electrons. The second-order valence-electron chi connectivity index (χ2n) is 5.03. The molecule has 5 nitrogen and oxygen atoms in total. The average Bonchev–Trinajstić information content (AvgIpc) is 2.64. The van der Waals surface area contributed by atoms with Crippen molar-refractivity contribution in [2.75, 3.05) is 24.7 Å². The van der Waals surface area contributed by atoms with Gasteiger partial charge in [0.25, 0.3) is 0 Å². The van der Waals surface area contributed by atoms with E-state index in [2.05, 4.69) is 0 Å². The standard InChI is InChI=1S/C13H22O5S/c1-4-13(2,3)12(15)17-8-10(14)18-11-9-19-7-5-6-16-11/h11H,4-9H2,1-3H3. The second-order valence-corrected chi connectivity index (χ2v) is 6.18. The first-order chi connectivity index (χ1) is 8.95. The maximum Gasteiger partial charge on any atom is 0.346 e. The molecule has 0 radical (unpaired) electrons. The van der Waals surface area contributed by atoms with E-state index >= 15 is 0 Å². The quantitative estimate of drug-likeness (QED) is 0.722. The highest BCUT2D eigenvalue weighted by atomic mass is 32.2. The van der Waals surface area contributed by atoms with Crippen LogP contribution in [0.2, 0.25) is 0 Å². The fourth-order valence-corrected chi connectivity index (χ4v) is 2.16. The number of carbonyl (C=O) groups is 2. The van der Waals surface area contributed by atoms with Crippen molar-refractivity contribution < 1.29 is 23.8 Å². The maximum absolute atomic E-state index is 11.7. The minimum atomic E-state index is -0.574. The summed E-state index contributed by atoms with van der Waals surface area (Å²) in [5, 5.41) is 0. The molecule has 0 aromatic carbocycles. The Labute approximate surface area is 118 Å². The Morgan fingerprint density at radius 1 is 1.42 bits per heavy atom. The van der Waals surface area contributed by atoms with E-state index < -0.39 is 17.7 Å². The highest BCUT2D eigenvalue weighted by Crippen LogP contribution is 2.21. The molecule has 0 spiro atoms. The summed E-state index contributed by atoms with van der Waals surface area (Å²) in [6.45, 7) is 5.70. The predicted molar refractivity (Wildman–Crippen MR) is 72.8 cm³/mol. The lowest BCUT2D eigenvalue weighted by atomic mass is 9.91. The number of thioether (sulfide) groups is 1. The monoisotopic (exact) mass is 290 g/mol. The number of rotatable bonds is 5. The summed E-state index contributed by atoms with van der Waals surface area (Å²) >= 11 is 1.69. The van der Waals surface area contributed by atoms with Gasteiger partial charge in [0.05, 0.1) is 17.8 Å². The van der Waals surface area contributed by atoms with Crippen molar-refractivity contribution in [3.8, 4) is 0 Å². The molecule has 1 fully saturated rings. The third-order valence-electron chi connectivity index (χ3n) is 3.01. The van der Waals surface area contributed by atoms with Gasteiger partial charge in [-0.2, -0.15) is 11.8 Å². The fourth-order valence-electron chi connectivity index (χ4n) is 1.32. The first kappa shape index (κ1) is 16.3. The summed E-state index contributed by atoms with van der Waals surface area (Å²) in [6.07, 6.45) is 1.08. The molecule has 1 atom stereocenters. The van der Waals surface area contributed by atoms with Crippen molar-refractivity contribution >= 4 is 23.7 Å². The smallest absolute Gasteiger partial charge is 0.346 e.